The van der Waals surface area contributed by atoms with E-state index in [1.807, 2.05) is 67.3 Å². The number of nitrogens with one attached hydrogen (secondary N) is 1. The van der Waals surface area contributed by atoms with E-state index in [0.717, 1.165) is 22.4 Å². The predicted molar refractivity (Wildman–Crippen MR) is 118 cm³/mol. The quantitative estimate of drug-likeness (QED) is 0.691. The number of piperidine rings is 1. The number of amides is 2. The van der Waals surface area contributed by atoms with Crippen LogP contribution in [0.25, 0.3) is 5.69 Å². The molecule has 7 nitrogen and oxygen atoms in total. The van der Waals surface area contributed by atoms with Crippen LogP contribution in [0.5, 0.6) is 0 Å². The molecule has 0 radical (unpaired) electrons. The fourth-order valence-corrected chi connectivity index (χ4v) is 4.00. The Labute approximate surface area is 182 Å². The third kappa shape index (κ3) is 4.66. The van der Waals surface area contributed by atoms with E-state index < -0.39 is 0 Å². The van der Waals surface area contributed by atoms with Crippen LogP contribution in [-0.4, -0.2) is 44.6 Å². The molecule has 0 unspecified atom stereocenters. The summed E-state index contributed by atoms with van der Waals surface area (Å²) < 4.78 is 1.69. The summed E-state index contributed by atoms with van der Waals surface area (Å²) in [7, 11) is 0. The molecule has 0 bridgehead atoms. The van der Waals surface area contributed by atoms with Crippen molar-refractivity contribution in [2.75, 3.05) is 13.1 Å². The number of aryl methyl sites for hydroxylation is 1. The molecule has 1 aliphatic rings. The Morgan fingerprint density at radius 3 is 2.42 bits per heavy atom. The van der Waals surface area contributed by atoms with Gasteiger partial charge >= 0.3 is 0 Å². The smallest absolute Gasteiger partial charge is 0.254 e. The molecule has 31 heavy (non-hydrogen) atoms. The fraction of sp³-hybridized carbons (Fsp3) is 0.333. The van der Waals surface area contributed by atoms with Crippen molar-refractivity contribution in [2.24, 2.45) is 5.92 Å². The minimum Gasteiger partial charge on any atom is -0.349 e. The lowest BCUT2D eigenvalue weighted by Crippen LogP contribution is -2.43. The first-order valence-corrected chi connectivity index (χ1v) is 10.6. The summed E-state index contributed by atoms with van der Waals surface area (Å²) in [6.45, 7) is 5.14. The molecule has 1 fully saturated rings. The van der Waals surface area contributed by atoms with Crippen LogP contribution in [0.15, 0.2) is 61.2 Å². The third-order valence-corrected chi connectivity index (χ3v) is 5.96. The maximum Gasteiger partial charge on any atom is 0.254 e. The van der Waals surface area contributed by atoms with E-state index in [9.17, 15) is 9.59 Å². The molecule has 160 valence electrons. The van der Waals surface area contributed by atoms with Crippen molar-refractivity contribution in [2.45, 2.75) is 32.7 Å². The lowest BCUT2D eigenvalue weighted by Gasteiger charge is -2.32. The van der Waals surface area contributed by atoms with Crippen LogP contribution in [-0.2, 0) is 4.79 Å². The zero-order valence-corrected chi connectivity index (χ0v) is 17.9. The van der Waals surface area contributed by atoms with Crippen molar-refractivity contribution in [3.8, 4) is 5.69 Å². The first-order chi connectivity index (χ1) is 15.0. The molecule has 4 rings (SSSR count). The van der Waals surface area contributed by atoms with Gasteiger partial charge < -0.3 is 10.2 Å². The van der Waals surface area contributed by atoms with Crippen LogP contribution in [0.4, 0.5) is 0 Å². The van der Waals surface area contributed by atoms with E-state index in [0.29, 0.717) is 25.9 Å². The van der Waals surface area contributed by atoms with Gasteiger partial charge in [-0.2, -0.15) is 5.10 Å². The maximum absolute atomic E-state index is 12.8. The van der Waals surface area contributed by atoms with Gasteiger partial charge in [0.2, 0.25) is 5.91 Å². The van der Waals surface area contributed by atoms with E-state index in [1.165, 1.54) is 6.33 Å². The van der Waals surface area contributed by atoms with Gasteiger partial charge in [0.1, 0.15) is 12.7 Å². The summed E-state index contributed by atoms with van der Waals surface area (Å²) in [4.78, 5) is 31.4. The van der Waals surface area contributed by atoms with Crippen LogP contribution in [0.2, 0.25) is 0 Å². The first kappa shape index (κ1) is 20.8. The highest BCUT2D eigenvalue weighted by Gasteiger charge is 2.29. The van der Waals surface area contributed by atoms with Crippen molar-refractivity contribution < 1.29 is 9.59 Å². The van der Waals surface area contributed by atoms with E-state index in [2.05, 4.69) is 15.4 Å². The second-order valence-electron chi connectivity index (χ2n) is 8.04. The molecule has 3 aromatic rings. The Balaban J connectivity index is 1.30. The highest BCUT2D eigenvalue weighted by atomic mass is 16.2. The number of nitrogens with zero attached hydrogens (tertiary/aromatic N) is 4. The highest BCUT2D eigenvalue weighted by molar-refractivity contribution is 5.95. The monoisotopic (exact) mass is 417 g/mol. The summed E-state index contributed by atoms with van der Waals surface area (Å²) in [5.74, 6) is 0.0337. The van der Waals surface area contributed by atoms with Gasteiger partial charge in [0.15, 0.2) is 0 Å². The normalized spacial score (nSPS) is 15.5. The average Bonchev–Trinajstić information content (AvgIpc) is 3.34. The molecular formula is C24H27N5O2. The molecule has 0 saturated carbocycles. The van der Waals surface area contributed by atoms with Gasteiger partial charge in [0, 0.05) is 24.6 Å². The zero-order valence-electron chi connectivity index (χ0n) is 17.9. The molecule has 1 N–H and O–H groups in total. The molecule has 0 aliphatic carbocycles. The summed E-state index contributed by atoms with van der Waals surface area (Å²) in [5, 5.41) is 7.25. The fourth-order valence-electron chi connectivity index (χ4n) is 4.00. The Bertz CT molecular complexity index is 1040. The molecule has 1 aliphatic heterocycles. The number of benzene rings is 2. The molecule has 2 amide bonds. The average molecular weight is 418 g/mol. The SMILES string of the molecule is Cc1ccccc1C(=O)N1CCC(C(=O)N[C@@H](C)c2ccc(-n3cncn3)cc2)CC1. The van der Waals surface area contributed by atoms with Crippen molar-refractivity contribution in [3.63, 3.8) is 0 Å². The molecule has 2 heterocycles. The van der Waals surface area contributed by atoms with Gasteiger partial charge in [-0.1, -0.05) is 30.3 Å². The van der Waals surface area contributed by atoms with E-state index in [4.69, 9.17) is 0 Å². The standard InChI is InChI=1S/C24H27N5O2/c1-17-5-3-4-6-22(17)24(31)28-13-11-20(12-14-28)23(30)27-18(2)19-7-9-21(10-8-19)29-16-25-15-26-29/h3-10,15-16,18,20H,11-14H2,1-2H3,(H,27,30)/t18-/m0/s1. The molecule has 2 aromatic carbocycles. The predicted octanol–water partition coefficient (Wildman–Crippen LogP) is 3.31. The lowest BCUT2D eigenvalue weighted by atomic mass is 9.94. The topological polar surface area (TPSA) is 80.1 Å². The Morgan fingerprint density at radius 1 is 1.06 bits per heavy atom. The van der Waals surface area contributed by atoms with Gasteiger partial charge in [-0.05, 0) is 56.0 Å². The number of likely N-dealkylation sites (tertiary alicyclic amines) is 1. The third-order valence-electron chi connectivity index (χ3n) is 5.96. The van der Waals surface area contributed by atoms with Crippen molar-refractivity contribution in [3.05, 3.63) is 77.9 Å². The molecule has 1 atom stereocenters. The van der Waals surface area contributed by atoms with Crippen LogP contribution in [0, 0.1) is 12.8 Å². The molecular weight excluding hydrogens is 390 g/mol. The number of carbonyl (C=O) groups is 2. The van der Waals surface area contributed by atoms with Crippen LogP contribution in [0.3, 0.4) is 0 Å². The van der Waals surface area contributed by atoms with Crippen LogP contribution >= 0.6 is 0 Å². The second-order valence-corrected chi connectivity index (χ2v) is 8.04. The van der Waals surface area contributed by atoms with E-state index in [1.54, 1.807) is 11.0 Å². The van der Waals surface area contributed by atoms with Gasteiger partial charge in [-0.3, -0.25) is 9.59 Å². The summed E-state index contributed by atoms with van der Waals surface area (Å²) >= 11 is 0. The van der Waals surface area contributed by atoms with Crippen molar-refractivity contribution in [1.29, 1.82) is 0 Å². The Morgan fingerprint density at radius 2 is 1.77 bits per heavy atom. The Kier molecular flexibility index (Phi) is 6.11. The second kappa shape index (κ2) is 9.12. The Hall–Kier alpha value is -3.48. The van der Waals surface area contributed by atoms with Gasteiger partial charge in [0.25, 0.3) is 5.91 Å². The zero-order chi connectivity index (χ0) is 21.8. The lowest BCUT2D eigenvalue weighted by molar-refractivity contribution is -0.127. The number of aromatic nitrogens is 3. The molecule has 0 spiro atoms. The maximum atomic E-state index is 12.8. The van der Waals surface area contributed by atoms with Gasteiger partial charge in [-0.25, -0.2) is 9.67 Å². The highest BCUT2D eigenvalue weighted by Crippen LogP contribution is 2.22. The van der Waals surface area contributed by atoms with Crippen LogP contribution in [0.1, 0.15) is 47.3 Å². The molecule has 1 aromatic heterocycles. The minimum absolute atomic E-state index is 0.0517. The largest absolute Gasteiger partial charge is 0.349 e. The summed E-state index contributed by atoms with van der Waals surface area (Å²) in [6.07, 6.45) is 4.51. The number of rotatable bonds is 5. The minimum atomic E-state index is -0.0936. The molecule has 1 saturated heterocycles. The molecule has 7 heteroatoms. The van der Waals surface area contributed by atoms with E-state index in [-0.39, 0.29) is 23.8 Å². The summed E-state index contributed by atoms with van der Waals surface area (Å²) in [5.41, 5.74) is 3.68. The van der Waals surface area contributed by atoms with Crippen LogP contribution < -0.4 is 5.32 Å². The van der Waals surface area contributed by atoms with Gasteiger partial charge in [0.05, 0.1) is 11.7 Å². The first-order valence-electron chi connectivity index (χ1n) is 10.6. The van der Waals surface area contributed by atoms with Crippen molar-refractivity contribution in [1.82, 2.24) is 25.0 Å². The summed E-state index contributed by atoms with van der Waals surface area (Å²) in [6, 6.07) is 15.5. The number of carbonyl (C=O) groups excluding carboxylic acids is 2. The van der Waals surface area contributed by atoms with Crippen molar-refractivity contribution >= 4 is 11.8 Å². The van der Waals surface area contributed by atoms with Gasteiger partial charge in [-0.15, -0.1) is 0 Å². The number of hydrogen-bond donors (Lipinski definition) is 1. The number of hydrogen-bond acceptors (Lipinski definition) is 4. The van der Waals surface area contributed by atoms with E-state index >= 15 is 0 Å².